The van der Waals surface area contributed by atoms with E-state index in [2.05, 4.69) is 0 Å². The zero-order valence-corrected chi connectivity index (χ0v) is 9.60. The van der Waals surface area contributed by atoms with Crippen LogP contribution in [0.2, 0.25) is 0 Å². The van der Waals surface area contributed by atoms with Gasteiger partial charge in [0.1, 0.15) is 5.75 Å². The Labute approximate surface area is 102 Å². The molecule has 5 nitrogen and oxygen atoms in total. The molecule has 92 valence electrons. The Morgan fingerprint density at radius 3 is 2.67 bits per heavy atom. The maximum atomic E-state index is 11.3. The van der Waals surface area contributed by atoms with Crippen LogP contribution in [0.3, 0.4) is 0 Å². The Balaban J connectivity index is 2.71. The van der Waals surface area contributed by atoms with Crippen LogP contribution in [-0.2, 0) is 9.59 Å². The molecule has 1 aliphatic carbocycles. The van der Waals surface area contributed by atoms with Crippen LogP contribution in [0.5, 0.6) is 5.75 Å². The number of benzene rings is 1. The Morgan fingerprint density at radius 1 is 1.33 bits per heavy atom. The molecule has 1 N–H and O–H groups in total. The topological polar surface area (TPSA) is 80.7 Å². The molecule has 0 spiro atoms. The summed E-state index contributed by atoms with van der Waals surface area (Å²) >= 11 is 0. The van der Waals surface area contributed by atoms with Gasteiger partial charge in [-0.15, -0.1) is 0 Å². The number of carbonyl (C=O) groups excluding carboxylic acids is 2. The molecule has 0 radical (unpaired) electrons. The molecule has 1 aliphatic rings. The first-order valence-electron chi connectivity index (χ1n) is 5.28. The lowest BCUT2D eigenvalue weighted by Gasteiger charge is -2.07. The third-order valence-electron chi connectivity index (χ3n) is 2.51. The summed E-state index contributed by atoms with van der Waals surface area (Å²) in [5.41, 5.74) is -0.0481. The standard InChI is InChI=1S/C13H10O5/c1-7(14)18-10-4-8-2-3-9(15)5-11(8)12(6-10)13(16)17/h2,4-6H,3H2,1H3,(H,16,17). The van der Waals surface area contributed by atoms with Gasteiger partial charge in [-0.3, -0.25) is 9.59 Å². The average Bonchev–Trinajstić information content (AvgIpc) is 2.27. The fourth-order valence-electron chi connectivity index (χ4n) is 1.81. The van der Waals surface area contributed by atoms with Crippen LogP contribution < -0.4 is 15.2 Å². The van der Waals surface area contributed by atoms with Crippen molar-refractivity contribution in [3.8, 4) is 5.75 Å². The molecule has 0 unspecified atom stereocenters. The minimum atomic E-state index is -1.17. The van der Waals surface area contributed by atoms with E-state index in [1.807, 2.05) is 0 Å². The molecule has 0 fully saturated rings. The van der Waals surface area contributed by atoms with Crippen LogP contribution in [0.4, 0.5) is 0 Å². The highest BCUT2D eigenvalue weighted by Gasteiger charge is 2.13. The molecule has 0 saturated heterocycles. The molecule has 18 heavy (non-hydrogen) atoms. The van der Waals surface area contributed by atoms with Crippen LogP contribution in [-0.4, -0.2) is 22.8 Å². The molecule has 0 bridgehead atoms. The van der Waals surface area contributed by atoms with Gasteiger partial charge in [0.2, 0.25) is 0 Å². The predicted octanol–water partition coefficient (Wildman–Crippen LogP) is -0.156. The van der Waals surface area contributed by atoms with Gasteiger partial charge in [-0.2, -0.15) is 0 Å². The fraction of sp³-hybridized carbons (Fsp3) is 0.154. The van der Waals surface area contributed by atoms with Crippen LogP contribution in [0, 0.1) is 0 Å². The van der Waals surface area contributed by atoms with Crippen LogP contribution >= 0.6 is 0 Å². The summed E-state index contributed by atoms with van der Waals surface area (Å²) in [5, 5.41) is 10.0. The number of carbonyl (C=O) groups is 3. The molecule has 0 saturated carbocycles. The predicted molar refractivity (Wildman–Crippen MR) is 62.5 cm³/mol. The zero-order valence-electron chi connectivity index (χ0n) is 9.60. The number of esters is 1. The van der Waals surface area contributed by atoms with Crippen molar-refractivity contribution in [1.82, 2.24) is 0 Å². The number of hydrogen-bond donors (Lipinski definition) is 1. The Kier molecular flexibility index (Phi) is 2.97. The van der Waals surface area contributed by atoms with Gasteiger partial charge >= 0.3 is 11.9 Å². The lowest BCUT2D eigenvalue weighted by Crippen LogP contribution is -2.34. The monoisotopic (exact) mass is 246 g/mol. The zero-order chi connectivity index (χ0) is 13.3. The molecule has 2 rings (SSSR count). The van der Waals surface area contributed by atoms with Gasteiger partial charge in [-0.1, -0.05) is 6.08 Å². The van der Waals surface area contributed by atoms with E-state index < -0.39 is 11.9 Å². The van der Waals surface area contributed by atoms with Gasteiger partial charge in [-0.25, -0.2) is 4.79 Å². The maximum Gasteiger partial charge on any atom is 0.336 e. The summed E-state index contributed by atoms with van der Waals surface area (Å²) in [6.07, 6.45) is 3.14. The van der Waals surface area contributed by atoms with Gasteiger partial charge in [0.25, 0.3) is 0 Å². The second kappa shape index (κ2) is 4.44. The van der Waals surface area contributed by atoms with E-state index in [1.54, 1.807) is 12.1 Å². The molecular formula is C13H10O5. The quantitative estimate of drug-likeness (QED) is 0.579. The first-order chi connectivity index (χ1) is 8.47. The van der Waals surface area contributed by atoms with Crippen molar-refractivity contribution in [2.24, 2.45) is 0 Å². The van der Waals surface area contributed by atoms with Gasteiger partial charge < -0.3 is 9.84 Å². The highest BCUT2D eigenvalue weighted by Crippen LogP contribution is 2.09. The summed E-state index contributed by atoms with van der Waals surface area (Å²) < 4.78 is 4.88. The highest BCUT2D eigenvalue weighted by atomic mass is 16.5. The molecule has 0 heterocycles. The van der Waals surface area contributed by atoms with E-state index in [1.165, 1.54) is 19.1 Å². The molecule has 1 aromatic rings. The van der Waals surface area contributed by atoms with Crippen molar-refractivity contribution in [1.29, 1.82) is 0 Å². The lowest BCUT2D eigenvalue weighted by molar-refractivity contribution is -0.131. The molecule has 0 aromatic heterocycles. The van der Waals surface area contributed by atoms with Crippen molar-refractivity contribution in [3.05, 3.63) is 28.1 Å². The van der Waals surface area contributed by atoms with E-state index >= 15 is 0 Å². The van der Waals surface area contributed by atoms with Crippen molar-refractivity contribution < 1.29 is 24.2 Å². The second-order valence-corrected chi connectivity index (χ2v) is 3.89. The van der Waals surface area contributed by atoms with E-state index in [4.69, 9.17) is 9.84 Å². The molecule has 5 heteroatoms. The molecule has 0 aliphatic heterocycles. The van der Waals surface area contributed by atoms with Gasteiger partial charge in [0, 0.05) is 13.3 Å². The van der Waals surface area contributed by atoms with Crippen LogP contribution in [0.1, 0.15) is 23.7 Å². The SMILES string of the molecule is CC(=O)Oc1cc(C(=O)O)c2c(c1)=CCC(=O)C=2. The molecule has 1 aromatic carbocycles. The maximum absolute atomic E-state index is 11.3. The van der Waals surface area contributed by atoms with Crippen LogP contribution in [0.15, 0.2) is 12.1 Å². The van der Waals surface area contributed by atoms with Gasteiger partial charge in [0.15, 0.2) is 5.78 Å². The summed E-state index contributed by atoms with van der Waals surface area (Å²) in [7, 11) is 0. The normalized spacial score (nSPS) is 13.1. The summed E-state index contributed by atoms with van der Waals surface area (Å²) in [6, 6.07) is 2.79. The number of aromatic carboxylic acids is 1. The number of Topliss-reactive ketones (excluding diaryl/α,β-unsaturated/α-hetero) is 1. The summed E-state index contributed by atoms with van der Waals surface area (Å²) in [5.74, 6) is -1.68. The first kappa shape index (κ1) is 12.0. The summed E-state index contributed by atoms with van der Waals surface area (Å²) in [4.78, 5) is 33.3. The van der Waals surface area contributed by atoms with E-state index in [9.17, 15) is 14.4 Å². The Morgan fingerprint density at radius 2 is 2.06 bits per heavy atom. The molecule has 0 atom stereocenters. The minimum Gasteiger partial charge on any atom is -0.478 e. The third kappa shape index (κ3) is 2.29. The smallest absolute Gasteiger partial charge is 0.336 e. The number of hydrogen-bond acceptors (Lipinski definition) is 4. The van der Waals surface area contributed by atoms with Crippen molar-refractivity contribution in [2.75, 3.05) is 0 Å². The largest absolute Gasteiger partial charge is 0.478 e. The fourth-order valence-corrected chi connectivity index (χ4v) is 1.81. The number of carboxylic acid groups (broad SMARTS) is 1. The minimum absolute atomic E-state index is 0.0481. The van der Waals surface area contributed by atoms with Crippen molar-refractivity contribution in [2.45, 2.75) is 13.3 Å². The van der Waals surface area contributed by atoms with E-state index in [0.717, 1.165) is 0 Å². The third-order valence-corrected chi connectivity index (χ3v) is 2.51. The Bertz CT molecular complexity index is 669. The average molecular weight is 246 g/mol. The van der Waals surface area contributed by atoms with Gasteiger partial charge in [-0.05, 0) is 28.6 Å². The number of ether oxygens (including phenoxy) is 1. The Hall–Kier alpha value is -2.43. The van der Waals surface area contributed by atoms with Crippen molar-refractivity contribution >= 4 is 29.9 Å². The second-order valence-electron chi connectivity index (χ2n) is 3.89. The van der Waals surface area contributed by atoms with Gasteiger partial charge in [0.05, 0.1) is 5.56 Å². The van der Waals surface area contributed by atoms with E-state index in [-0.39, 0.29) is 23.5 Å². The summed E-state index contributed by atoms with van der Waals surface area (Å²) in [6.45, 7) is 1.24. The number of fused-ring (bicyclic) bond motifs is 1. The number of rotatable bonds is 2. The van der Waals surface area contributed by atoms with Crippen LogP contribution in [0.25, 0.3) is 12.2 Å². The van der Waals surface area contributed by atoms with E-state index in [0.29, 0.717) is 10.4 Å². The molecule has 0 amide bonds. The van der Waals surface area contributed by atoms with Crippen molar-refractivity contribution in [3.63, 3.8) is 0 Å². The highest BCUT2D eigenvalue weighted by molar-refractivity contribution is 6.10. The number of ketones is 1. The number of carboxylic acids is 1. The first-order valence-corrected chi connectivity index (χ1v) is 5.28. The lowest BCUT2D eigenvalue weighted by atomic mass is 10.0. The molecular weight excluding hydrogens is 236 g/mol.